The van der Waals surface area contributed by atoms with Gasteiger partial charge in [-0.1, -0.05) is 42.5 Å². The molecule has 6 nitrogen and oxygen atoms in total. The van der Waals surface area contributed by atoms with Gasteiger partial charge in [0, 0.05) is 34.9 Å². The summed E-state index contributed by atoms with van der Waals surface area (Å²) in [5.74, 6) is -0.0409. The number of carbonyl (C=O) groups is 2. The molecule has 2 aromatic carbocycles. The molecule has 0 saturated heterocycles. The second kappa shape index (κ2) is 8.41. The molecule has 3 rings (SSSR count). The van der Waals surface area contributed by atoms with Gasteiger partial charge in [-0.25, -0.2) is 10.2 Å². The van der Waals surface area contributed by atoms with Gasteiger partial charge in [-0.15, -0.1) is 0 Å². The summed E-state index contributed by atoms with van der Waals surface area (Å²) in [6.45, 7) is 7.32. The van der Waals surface area contributed by atoms with Crippen molar-refractivity contribution in [2.75, 3.05) is 0 Å². The summed E-state index contributed by atoms with van der Waals surface area (Å²) in [4.78, 5) is 28.8. The summed E-state index contributed by atoms with van der Waals surface area (Å²) in [6.07, 6.45) is 2.90. The van der Waals surface area contributed by atoms with Crippen LogP contribution in [-0.2, 0) is 4.74 Å². The zero-order chi connectivity index (χ0) is 21.0. The quantitative estimate of drug-likeness (QED) is 0.492. The number of hydrogen-bond donors (Lipinski definition) is 2. The summed E-state index contributed by atoms with van der Waals surface area (Å²) in [5.41, 5.74) is 7.07. The first kappa shape index (κ1) is 20.5. The Balaban J connectivity index is 1.69. The Morgan fingerprint density at radius 2 is 1.76 bits per heavy atom. The zero-order valence-electron chi connectivity index (χ0n) is 17.0. The Hall–Kier alpha value is -3.25. The van der Waals surface area contributed by atoms with Crippen LogP contribution >= 0.6 is 0 Å². The van der Waals surface area contributed by atoms with E-state index in [4.69, 9.17) is 4.74 Å². The number of hydrogen-bond acceptors (Lipinski definition) is 5. The standard InChI is InChI=1S/C23H25N3O3/c1-15(25-26-22(28)29-23(2,3)4)16-8-10-17(11-9-16)21(27)20-7-5-6-18-14-24-13-12-19(18)20/h5-15,25H,1-4H3,(H,26,28). The fourth-order valence-electron chi connectivity index (χ4n) is 2.95. The minimum Gasteiger partial charge on any atom is -0.443 e. The molecule has 0 fully saturated rings. The highest BCUT2D eigenvalue weighted by Crippen LogP contribution is 2.22. The van der Waals surface area contributed by atoms with Gasteiger partial charge in [0.05, 0.1) is 0 Å². The molecule has 0 saturated carbocycles. The fourth-order valence-corrected chi connectivity index (χ4v) is 2.95. The minimum atomic E-state index is -0.561. The highest BCUT2D eigenvalue weighted by Gasteiger charge is 2.17. The molecule has 29 heavy (non-hydrogen) atoms. The van der Waals surface area contributed by atoms with Crippen LogP contribution in [0.2, 0.25) is 0 Å². The van der Waals surface area contributed by atoms with Crippen LogP contribution in [0.25, 0.3) is 10.8 Å². The van der Waals surface area contributed by atoms with Gasteiger partial charge in [0.2, 0.25) is 0 Å². The lowest BCUT2D eigenvalue weighted by atomic mass is 9.97. The SMILES string of the molecule is CC(NNC(=O)OC(C)(C)C)c1ccc(C(=O)c2cccc3cnccc23)cc1. The normalized spacial score (nSPS) is 12.4. The predicted molar refractivity (Wildman–Crippen MR) is 113 cm³/mol. The minimum absolute atomic E-state index is 0.0409. The van der Waals surface area contributed by atoms with Gasteiger partial charge < -0.3 is 4.74 Å². The second-order valence-corrected chi connectivity index (χ2v) is 7.85. The topological polar surface area (TPSA) is 80.3 Å². The van der Waals surface area contributed by atoms with Crippen LogP contribution < -0.4 is 10.9 Å². The Kier molecular flexibility index (Phi) is 5.94. The molecule has 6 heteroatoms. The highest BCUT2D eigenvalue weighted by molar-refractivity contribution is 6.16. The molecule has 1 heterocycles. The van der Waals surface area contributed by atoms with Crippen molar-refractivity contribution in [2.45, 2.75) is 39.3 Å². The van der Waals surface area contributed by atoms with Gasteiger partial charge in [0.1, 0.15) is 5.60 Å². The molecular formula is C23H25N3O3. The molecule has 1 unspecified atom stereocenters. The first-order chi connectivity index (χ1) is 13.7. The molecule has 0 bridgehead atoms. The monoisotopic (exact) mass is 391 g/mol. The molecular weight excluding hydrogens is 366 g/mol. The van der Waals surface area contributed by atoms with E-state index in [2.05, 4.69) is 15.8 Å². The van der Waals surface area contributed by atoms with Crippen molar-refractivity contribution in [1.29, 1.82) is 0 Å². The predicted octanol–water partition coefficient (Wildman–Crippen LogP) is 4.56. The molecule has 0 spiro atoms. The van der Waals surface area contributed by atoms with Crippen molar-refractivity contribution >= 4 is 22.6 Å². The summed E-state index contributed by atoms with van der Waals surface area (Å²) >= 11 is 0. The van der Waals surface area contributed by atoms with Crippen molar-refractivity contribution in [3.63, 3.8) is 0 Å². The first-order valence-corrected chi connectivity index (χ1v) is 9.46. The Morgan fingerprint density at radius 1 is 1.03 bits per heavy atom. The van der Waals surface area contributed by atoms with Crippen molar-refractivity contribution in [1.82, 2.24) is 15.8 Å². The van der Waals surface area contributed by atoms with E-state index in [1.165, 1.54) is 0 Å². The highest BCUT2D eigenvalue weighted by atomic mass is 16.6. The third-order valence-corrected chi connectivity index (χ3v) is 4.39. The Labute approximate surface area is 170 Å². The molecule has 2 N–H and O–H groups in total. The second-order valence-electron chi connectivity index (χ2n) is 7.85. The van der Waals surface area contributed by atoms with E-state index in [1.807, 2.05) is 43.3 Å². The molecule has 3 aromatic rings. The van der Waals surface area contributed by atoms with Crippen molar-refractivity contribution in [3.8, 4) is 0 Å². The van der Waals surface area contributed by atoms with Crippen LogP contribution in [0.4, 0.5) is 4.79 Å². The van der Waals surface area contributed by atoms with Crippen LogP contribution in [0.1, 0.15) is 55.2 Å². The average molecular weight is 391 g/mol. The molecule has 0 aliphatic heterocycles. The zero-order valence-corrected chi connectivity index (χ0v) is 17.0. The number of rotatable bonds is 5. The van der Waals surface area contributed by atoms with Gasteiger partial charge in [-0.3, -0.25) is 15.2 Å². The number of ketones is 1. The van der Waals surface area contributed by atoms with Gasteiger partial charge in [-0.2, -0.15) is 0 Å². The van der Waals surface area contributed by atoms with E-state index in [0.717, 1.165) is 16.3 Å². The van der Waals surface area contributed by atoms with E-state index in [9.17, 15) is 9.59 Å². The van der Waals surface area contributed by atoms with Crippen molar-refractivity contribution in [2.24, 2.45) is 0 Å². The smallest absolute Gasteiger partial charge is 0.422 e. The lowest BCUT2D eigenvalue weighted by molar-refractivity contribution is 0.0489. The maximum absolute atomic E-state index is 13.0. The first-order valence-electron chi connectivity index (χ1n) is 9.46. The number of carbonyl (C=O) groups excluding carboxylic acids is 2. The Morgan fingerprint density at radius 3 is 2.45 bits per heavy atom. The maximum Gasteiger partial charge on any atom is 0.422 e. The molecule has 1 amide bonds. The van der Waals surface area contributed by atoms with Crippen LogP contribution in [0.15, 0.2) is 60.9 Å². The Bertz CT molecular complexity index is 1020. The largest absolute Gasteiger partial charge is 0.443 e. The number of fused-ring (bicyclic) bond motifs is 1. The van der Waals surface area contributed by atoms with Crippen LogP contribution in [-0.4, -0.2) is 22.5 Å². The molecule has 1 atom stereocenters. The van der Waals surface area contributed by atoms with Crippen LogP contribution in [0, 0.1) is 0 Å². The van der Waals surface area contributed by atoms with E-state index in [-0.39, 0.29) is 11.8 Å². The number of aromatic nitrogens is 1. The third-order valence-electron chi connectivity index (χ3n) is 4.39. The lowest BCUT2D eigenvalue weighted by Crippen LogP contribution is -2.42. The average Bonchev–Trinajstić information content (AvgIpc) is 2.70. The number of nitrogens with zero attached hydrogens (tertiary/aromatic N) is 1. The number of hydrazine groups is 1. The summed E-state index contributed by atoms with van der Waals surface area (Å²) in [7, 11) is 0. The summed E-state index contributed by atoms with van der Waals surface area (Å²) in [5, 5.41) is 1.81. The number of pyridine rings is 1. The number of nitrogens with one attached hydrogen (secondary N) is 2. The number of ether oxygens (including phenoxy) is 1. The molecule has 0 aliphatic rings. The number of amides is 1. The van der Waals surface area contributed by atoms with Crippen molar-refractivity contribution < 1.29 is 14.3 Å². The lowest BCUT2D eigenvalue weighted by Gasteiger charge is -2.21. The van der Waals surface area contributed by atoms with E-state index >= 15 is 0 Å². The van der Waals surface area contributed by atoms with Gasteiger partial charge in [0.25, 0.3) is 0 Å². The van der Waals surface area contributed by atoms with Crippen molar-refractivity contribution in [3.05, 3.63) is 77.6 Å². The van der Waals surface area contributed by atoms with Gasteiger partial charge in [-0.05, 0) is 44.7 Å². The van der Waals surface area contributed by atoms with Gasteiger partial charge >= 0.3 is 6.09 Å². The van der Waals surface area contributed by atoms with Crippen LogP contribution in [0.5, 0.6) is 0 Å². The number of benzene rings is 2. The third kappa shape index (κ3) is 5.18. The molecule has 1 aromatic heterocycles. The van der Waals surface area contributed by atoms with E-state index in [1.54, 1.807) is 45.3 Å². The van der Waals surface area contributed by atoms with Crippen LogP contribution in [0.3, 0.4) is 0 Å². The summed E-state index contributed by atoms with van der Waals surface area (Å²) < 4.78 is 5.20. The molecule has 0 aliphatic carbocycles. The van der Waals surface area contributed by atoms with Gasteiger partial charge in [0.15, 0.2) is 5.78 Å². The maximum atomic E-state index is 13.0. The molecule has 0 radical (unpaired) electrons. The summed E-state index contributed by atoms with van der Waals surface area (Å²) in [6, 6.07) is 14.6. The fraction of sp³-hybridized carbons (Fsp3) is 0.261. The molecule has 150 valence electrons. The van der Waals surface area contributed by atoms with E-state index in [0.29, 0.717) is 11.1 Å². The van der Waals surface area contributed by atoms with E-state index < -0.39 is 11.7 Å².